The quantitative estimate of drug-likeness (QED) is 0.156. The molecule has 14 heteroatoms. The second-order valence-corrected chi connectivity index (χ2v) is 9.16. The number of halogens is 6. The summed E-state index contributed by atoms with van der Waals surface area (Å²) in [5, 5.41) is 15.7. The van der Waals surface area contributed by atoms with Crippen molar-refractivity contribution in [2.75, 3.05) is 23.8 Å². The highest BCUT2D eigenvalue weighted by Gasteiger charge is 2.73. The predicted octanol–water partition coefficient (Wildman–Crippen LogP) is 5.82. The number of aromatic nitrogens is 3. The zero-order valence-corrected chi connectivity index (χ0v) is 21.0. The molecule has 0 saturated carbocycles. The van der Waals surface area contributed by atoms with Gasteiger partial charge in [0.15, 0.2) is 0 Å². The molecule has 0 saturated heterocycles. The van der Waals surface area contributed by atoms with Gasteiger partial charge < -0.3 is 20.7 Å². The van der Waals surface area contributed by atoms with E-state index in [0.717, 1.165) is 11.5 Å². The maximum Gasteiger partial charge on any atom is 0.430 e. The summed E-state index contributed by atoms with van der Waals surface area (Å²) >= 11 is 0. The Bertz CT molecular complexity index is 1570. The Kier molecular flexibility index (Phi) is 7.44. The first-order chi connectivity index (χ1) is 19.5. The van der Waals surface area contributed by atoms with Crippen LogP contribution in [-0.4, -0.2) is 52.6 Å². The number of H-pyrrole nitrogens is 1. The first kappa shape index (κ1) is 28.1. The van der Waals surface area contributed by atoms with Crippen LogP contribution in [0.4, 0.5) is 43.5 Å². The second-order valence-electron chi connectivity index (χ2n) is 9.16. The lowest BCUT2D eigenvalue weighted by Crippen LogP contribution is -2.57. The number of hydrogen-bond donors (Lipinski definition) is 4. The number of hydrogen-bond acceptors (Lipinski definition) is 6. The number of ether oxygens (including phenoxy) is 1. The van der Waals surface area contributed by atoms with E-state index < -0.39 is 42.1 Å². The van der Waals surface area contributed by atoms with Crippen molar-refractivity contribution < 1.29 is 35.9 Å². The van der Waals surface area contributed by atoms with E-state index in [1.165, 1.54) is 30.5 Å². The molecule has 5 rings (SSSR count). The van der Waals surface area contributed by atoms with Crippen LogP contribution in [-0.2, 0) is 10.3 Å². The lowest BCUT2D eigenvalue weighted by molar-refractivity contribution is -0.389. The van der Waals surface area contributed by atoms with Gasteiger partial charge in [0.1, 0.15) is 5.82 Å². The number of rotatable bonds is 8. The van der Waals surface area contributed by atoms with Crippen molar-refractivity contribution in [1.29, 1.82) is 0 Å². The highest BCUT2D eigenvalue weighted by Crippen LogP contribution is 2.53. The van der Waals surface area contributed by atoms with Crippen LogP contribution in [0, 0.1) is 0 Å². The average Bonchev–Trinajstić information content (AvgIpc) is 3.60. The Morgan fingerprint density at radius 3 is 2.54 bits per heavy atom. The fourth-order valence-electron chi connectivity index (χ4n) is 4.44. The number of pyridine rings is 1. The zero-order valence-electron chi connectivity index (χ0n) is 21.0. The minimum atomic E-state index is -5.87. The number of aromatic amines is 1. The highest BCUT2D eigenvalue weighted by atomic mass is 19.4. The van der Waals surface area contributed by atoms with Crippen LogP contribution in [0.1, 0.15) is 15.9 Å². The predicted molar refractivity (Wildman–Crippen MR) is 139 cm³/mol. The van der Waals surface area contributed by atoms with Gasteiger partial charge in [0.25, 0.3) is 11.5 Å². The standard InChI is InChI=1S/C27H22F6N6O2/c28-26(29,30)25(27(31,32)33,41-15-20-6-2-10-34-20)17-4-1-5-18(12-17)38-24(40)21-7-3-11-35-23(21)37-19-9-8-16-14-36-39-22(16)13-19/h1-9,11-14,20,34H,10,15H2,(H,35,37)(H,36,39)(H,38,40)/t20-/m0/s1. The van der Waals surface area contributed by atoms with E-state index in [4.69, 9.17) is 0 Å². The molecule has 0 bridgehead atoms. The van der Waals surface area contributed by atoms with Crippen LogP contribution < -0.4 is 16.0 Å². The summed E-state index contributed by atoms with van der Waals surface area (Å²) in [6, 6.07) is 10.7. The molecule has 0 spiro atoms. The summed E-state index contributed by atoms with van der Waals surface area (Å²) in [5.74, 6) is -0.702. The number of carbonyl (C=O) groups is 1. The maximum atomic E-state index is 14.2. The summed E-state index contributed by atoms with van der Waals surface area (Å²) in [7, 11) is 0. The number of nitrogens with one attached hydrogen (secondary N) is 4. The van der Waals surface area contributed by atoms with Crippen LogP contribution in [0.25, 0.3) is 10.9 Å². The summed E-state index contributed by atoms with van der Waals surface area (Å²) < 4.78 is 90.1. The SMILES string of the molecule is O=C(Nc1cccc(C(OC[C@@H]2C=CCN2)(C(F)(F)F)C(F)(F)F)c1)c1cccnc1Nc1ccc2cn[nH]c2c1. The number of benzene rings is 2. The maximum absolute atomic E-state index is 14.2. The minimum absolute atomic E-state index is 0.00383. The number of nitrogens with zero attached hydrogens (tertiary/aromatic N) is 2. The Morgan fingerprint density at radius 1 is 1.00 bits per heavy atom. The molecular formula is C27H22F6N6O2. The third-order valence-electron chi connectivity index (χ3n) is 6.43. The van der Waals surface area contributed by atoms with Crippen molar-refractivity contribution >= 4 is 34.0 Å². The molecule has 1 aliphatic heterocycles. The number of alkyl halides is 6. The van der Waals surface area contributed by atoms with Gasteiger partial charge in [-0.2, -0.15) is 31.4 Å². The molecule has 4 aromatic rings. The lowest BCUT2D eigenvalue weighted by atomic mass is 9.91. The molecule has 1 atom stereocenters. The zero-order chi connectivity index (χ0) is 29.3. The molecule has 2 aromatic heterocycles. The summed E-state index contributed by atoms with van der Waals surface area (Å²) in [6.45, 7) is -0.593. The Balaban J connectivity index is 1.43. The Labute approximate surface area is 228 Å². The van der Waals surface area contributed by atoms with Crippen molar-refractivity contribution in [3.8, 4) is 0 Å². The van der Waals surface area contributed by atoms with E-state index in [0.29, 0.717) is 29.9 Å². The van der Waals surface area contributed by atoms with Gasteiger partial charge in [-0.3, -0.25) is 9.89 Å². The van der Waals surface area contributed by atoms with Crippen LogP contribution >= 0.6 is 0 Å². The number of anilines is 3. The molecule has 8 nitrogen and oxygen atoms in total. The summed E-state index contributed by atoms with van der Waals surface area (Å²) in [5.41, 5.74) is -4.90. The fraction of sp³-hybridized carbons (Fsp3) is 0.222. The van der Waals surface area contributed by atoms with Crippen molar-refractivity contribution in [3.05, 3.63) is 90.3 Å². The van der Waals surface area contributed by atoms with Gasteiger partial charge in [-0.05, 0) is 42.5 Å². The molecule has 3 heterocycles. The van der Waals surface area contributed by atoms with Crippen LogP contribution in [0.15, 0.2) is 79.1 Å². The molecule has 41 heavy (non-hydrogen) atoms. The normalized spacial score (nSPS) is 15.8. The van der Waals surface area contributed by atoms with Crippen LogP contribution in [0.3, 0.4) is 0 Å². The van der Waals surface area contributed by atoms with Crippen LogP contribution in [0.2, 0.25) is 0 Å². The molecule has 0 unspecified atom stereocenters. The van der Waals surface area contributed by atoms with E-state index in [1.54, 1.807) is 30.5 Å². The highest BCUT2D eigenvalue weighted by molar-refractivity contribution is 6.08. The Hall–Kier alpha value is -4.43. The van der Waals surface area contributed by atoms with Gasteiger partial charge in [-0.25, -0.2) is 4.98 Å². The van der Waals surface area contributed by atoms with E-state index in [1.807, 2.05) is 0 Å². The molecule has 2 aromatic carbocycles. The van der Waals surface area contributed by atoms with Crippen molar-refractivity contribution in [1.82, 2.24) is 20.5 Å². The first-order valence-corrected chi connectivity index (χ1v) is 12.2. The third-order valence-corrected chi connectivity index (χ3v) is 6.43. The Morgan fingerprint density at radius 2 is 1.80 bits per heavy atom. The summed E-state index contributed by atoms with van der Waals surface area (Å²) in [6.07, 6.45) is -5.68. The largest absolute Gasteiger partial charge is 0.430 e. The van der Waals surface area contributed by atoms with Gasteiger partial charge in [0.05, 0.1) is 23.9 Å². The fourth-order valence-corrected chi connectivity index (χ4v) is 4.44. The smallest absolute Gasteiger partial charge is 0.352 e. The molecule has 1 amide bonds. The van der Waals surface area contributed by atoms with Crippen LogP contribution in [0.5, 0.6) is 0 Å². The van der Waals surface area contributed by atoms with E-state index in [-0.39, 0.29) is 17.1 Å². The number of amides is 1. The molecule has 0 fully saturated rings. The van der Waals surface area contributed by atoms with Gasteiger partial charge >= 0.3 is 12.4 Å². The average molecular weight is 577 g/mol. The number of carbonyl (C=O) groups excluding carboxylic acids is 1. The lowest BCUT2D eigenvalue weighted by Gasteiger charge is -2.38. The first-order valence-electron chi connectivity index (χ1n) is 12.2. The van der Waals surface area contributed by atoms with Gasteiger partial charge in [-0.1, -0.05) is 24.3 Å². The second kappa shape index (κ2) is 10.9. The van der Waals surface area contributed by atoms with Crippen molar-refractivity contribution in [2.45, 2.75) is 24.0 Å². The molecule has 0 aliphatic carbocycles. The molecular weight excluding hydrogens is 554 g/mol. The third kappa shape index (κ3) is 5.60. The van der Waals surface area contributed by atoms with Crippen molar-refractivity contribution in [2.24, 2.45) is 0 Å². The van der Waals surface area contributed by atoms with E-state index in [2.05, 4.69) is 35.9 Å². The monoisotopic (exact) mass is 576 g/mol. The minimum Gasteiger partial charge on any atom is -0.352 e. The molecule has 1 aliphatic rings. The summed E-state index contributed by atoms with van der Waals surface area (Å²) in [4.78, 5) is 17.3. The van der Waals surface area contributed by atoms with E-state index in [9.17, 15) is 31.1 Å². The topological polar surface area (TPSA) is 104 Å². The molecule has 214 valence electrons. The molecule has 4 N–H and O–H groups in total. The molecule has 0 radical (unpaired) electrons. The number of fused-ring (bicyclic) bond motifs is 1. The van der Waals surface area contributed by atoms with Gasteiger partial charge in [0.2, 0.25) is 0 Å². The van der Waals surface area contributed by atoms with E-state index >= 15 is 0 Å². The van der Waals surface area contributed by atoms with Gasteiger partial charge in [-0.15, -0.1) is 0 Å². The van der Waals surface area contributed by atoms with Gasteiger partial charge in [0, 0.05) is 41.1 Å². The van der Waals surface area contributed by atoms with Crippen molar-refractivity contribution in [3.63, 3.8) is 0 Å².